The number of hydrogen-bond donors (Lipinski definition) is 3. The first-order chi connectivity index (χ1) is 9.92. The van der Waals surface area contributed by atoms with E-state index in [0.717, 1.165) is 11.1 Å². The molecule has 0 heterocycles. The van der Waals surface area contributed by atoms with Gasteiger partial charge in [0.2, 0.25) is 0 Å². The Morgan fingerprint density at radius 1 is 1.05 bits per heavy atom. The van der Waals surface area contributed by atoms with Gasteiger partial charge in [-0.3, -0.25) is 0 Å². The minimum Gasteiger partial charge on any atom is -0.457 e. The van der Waals surface area contributed by atoms with Crippen LogP contribution in [0.1, 0.15) is 16.7 Å². The maximum atomic E-state index is 13.6. The number of halogens is 1. The highest BCUT2D eigenvalue weighted by atomic mass is 31.2. The lowest BCUT2D eigenvalue weighted by Gasteiger charge is -2.15. The van der Waals surface area contributed by atoms with Gasteiger partial charge in [0.1, 0.15) is 17.3 Å². The number of benzene rings is 2. The van der Waals surface area contributed by atoms with E-state index in [0.29, 0.717) is 22.4 Å². The average molecular weight is 309 g/mol. The molecule has 6 heteroatoms. The summed E-state index contributed by atoms with van der Waals surface area (Å²) in [6, 6.07) is 8.16. The number of rotatable bonds is 4. The van der Waals surface area contributed by atoms with Crippen molar-refractivity contribution in [3.63, 3.8) is 0 Å². The van der Waals surface area contributed by atoms with Crippen LogP contribution in [0.15, 0.2) is 30.3 Å². The minimum absolute atomic E-state index is 0.317. The lowest BCUT2D eigenvalue weighted by molar-refractivity contribution is 0.241. The van der Waals surface area contributed by atoms with Crippen molar-refractivity contribution in [1.82, 2.24) is 5.25 Å². The van der Waals surface area contributed by atoms with E-state index in [9.17, 15) is 9.28 Å². The molecule has 0 aliphatic heterocycles. The van der Waals surface area contributed by atoms with Crippen LogP contribution in [0.5, 0.6) is 11.5 Å². The molecule has 4 nitrogen and oxygen atoms in total. The molecule has 0 spiro atoms. The summed E-state index contributed by atoms with van der Waals surface area (Å²) in [5.74, 6) is 0.717. The Hall–Kier alpha value is -1.52. The molecular weight excluding hydrogens is 292 g/mol. The van der Waals surface area contributed by atoms with Crippen molar-refractivity contribution in [1.29, 1.82) is 0 Å². The maximum absolute atomic E-state index is 13.6. The Morgan fingerprint density at radius 2 is 1.67 bits per heavy atom. The Labute approximate surface area is 124 Å². The Bertz CT molecular complexity index is 640. The zero-order valence-electron chi connectivity index (χ0n) is 12.0. The van der Waals surface area contributed by atoms with Gasteiger partial charge in [-0.1, -0.05) is 6.07 Å². The van der Waals surface area contributed by atoms with Crippen LogP contribution in [-0.2, 0) is 0 Å². The fourth-order valence-electron chi connectivity index (χ4n) is 2.02. The molecule has 0 saturated heterocycles. The van der Waals surface area contributed by atoms with Gasteiger partial charge in [-0.25, -0.2) is 4.39 Å². The Morgan fingerprint density at radius 3 is 2.19 bits per heavy atom. The topological polar surface area (TPSA) is 61.7 Å². The number of aryl methyl sites for hydroxylation is 3. The van der Waals surface area contributed by atoms with E-state index in [-0.39, 0.29) is 5.82 Å². The van der Waals surface area contributed by atoms with Gasteiger partial charge in [-0.15, -0.1) is 0 Å². The van der Waals surface area contributed by atoms with E-state index in [2.05, 4.69) is 0 Å². The Balaban J connectivity index is 2.34. The average Bonchev–Trinajstić information content (AvgIpc) is 2.45. The molecule has 3 N–H and O–H groups in total. The first-order valence-corrected chi connectivity index (χ1v) is 7.66. The second-order valence-electron chi connectivity index (χ2n) is 4.83. The molecule has 0 amide bonds. The molecule has 0 aromatic heterocycles. The lowest BCUT2D eigenvalue weighted by Crippen LogP contribution is -2.12. The van der Waals surface area contributed by atoms with E-state index in [1.807, 2.05) is 19.1 Å². The van der Waals surface area contributed by atoms with Crippen LogP contribution in [0, 0.1) is 26.6 Å². The molecule has 2 rings (SSSR count). The standard InChI is InChI=1S/C15H17FNO3P/c1-9-4-5-12(8-14(9)16)20-15-10(2)6-13(7-11(15)3)21(19)17-18/h4-8,17-19H,1-3H3. The zero-order valence-corrected chi connectivity index (χ0v) is 12.9. The SMILES string of the molecule is Cc1ccc(Oc2c(C)cc(P(O)NO)cc2C)cc1F. The van der Waals surface area contributed by atoms with Crippen LogP contribution in [0.25, 0.3) is 0 Å². The van der Waals surface area contributed by atoms with Crippen molar-refractivity contribution >= 4 is 13.6 Å². The van der Waals surface area contributed by atoms with Gasteiger partial charge in [0.05, 0.1) is 0 Å². The first kappa shape index (κ1) is 15.9. The summed E-state index contributed by atoms with van der Waals surface area (Å²) in [4.78, 5) is 9.64. The normalized spacial score (nSPS) is 12.3. The van der Waals surface area contributed by atoms with Gasteiger partial charge >= 0.3 is 0 Å². The third kappa shape index (κ3) is 3.57. The highest BCUT2D eigenvalue weighted by Crippen LogP contribution is 2.32. The highest BCUT2D eigenvalue weighted by molar-refractivity contribution is 7.57. The molecule has 0 radical (unpaired) electrons. The van der Waals surface area contributed by atoms with Gasteiger partial charge in [0.25, 0.3) is 0 Å². The molecule has 0 bridgehead atoms. The van der Waals surface area contributed by atoms with Crippen molar-refractivity contribution in [2.45, 2.75) is 20.8 Å². The molecule has 0 aliphatic carbocycles. The predicted molar refractivity (Wildman–Crippen MR) is 80.8 cm³/mol. The second kappa shape index (κ2) is 6.50. The van der Waals surface area contributed by atoms with Crippen molar-refractivity contribution in [2.24, 2.45) is 0 Å². The van der Waals surface area contributed by atoms with Crippen LogP contribution >= 0.6 is 8.30 Å². The van der Waals surface area contributed by atoms with E-state index < -0.39 is 8.30 Å². The van der Waals surface area contributed by atoms with Crippen LogP contribution < -0.4 is 15.3 Å². The molecule has 0 saturated carbocycles. The van der Waals surface area contributed by atoms with E-state index in [1.54, 1.807) is 31.2 Å². The molecule has 21 heavy (non-hydrogen) atoms. The maximum Gasteiger partial charge on any atom is 0.156 e. The molecular formula is C15H17FNO3P. The molecule has 2 aromatic carbocycles. The van der Waals surface area contributed by atoms with E-state index in [4.69, 9.17) is 9.94 Å². The summed E-state index contributed by atoms with van der Waals surface area (Å²) in [7, 11) is -1.80. The summed E-state index contributed by atoms with van der Waals surface area (Å²) >= 11 is 0. The van der Waals surface area contributed by atoms with Crippen molar-refractivity contribution in [3.05, 3.63) is 52.8 Å². The van der Waals surface area contributed by atoms with Gasteiger partial charge in [-0.2, -0.15) is 5.25 Å². The number of ether oxygens (including phenoxy) is 1. The molecule has 1 atom stereocenters. The molecule has 0 fully saturated rings. The van der Waals surface area contributed by atoms with E-state index >= 15 is 0 Å². The fraction of sp³-hybridized carbons (Fsp3) is 0.200. The minimum atomic E-state index is -1.80. The molecule has 112 valence electrons. The number of nitrogens with one attached hydrogen (secondary N) is 1. The quantitative estimate of drug-likeness (QED) is 0.598. The van der Waals surface area contributed by atoms with Crippen molar-refractivity contribution in [3.8, 4) is 11.5 Å². The summed E-state index contributed by atoms with van der Waals surface area (Å²) < 4.78 is 19.3. The highest BCUT2D eigenvalue weighted by Gasteiger charge is 2.13. The smallest absolute Gasteiger partial charge is 0.156 e. The Kier molecular flexibility index (Phi) is 4.91. The summed E-state index contributed by atoms with van der Waals surface area (Å²) in [6.45, 7) is 5.35. The molecule has 2 aromatic rings. The van der Waals surface area contributed by atoms with Crippen LogP contribution in [0.3, 0.4) is 0 Å². The van der Waals surface area contributed by atoms with Gasteiger partial charge in [0.15, 0.2) is 8.30 Å². The second-order valence-corrected chi connectivity index (χ2v) is 6.17. The van der Waals surface area contributed by atoms with Gasteiger partial charge < -0.3 is 14.8 Å². The summed E-state index contributed by atoms with van der Waals surface area (Å²) in [5.41, 5.74) is 2.15. The monoisotopic (exact) mass is 309 g/mol. The van der Waals surface area contributed by atoms with E-state index in [1.165, 1.54) is 6.07 Å². The number of hydrogen-bond acceptors (Lipinski definition) is 4. The third-order valence-electron chi connectivity index (χ3n) is 3.15. The molecule has 1 unspecified atom stereocenters. The van der Waals surface area contributed by atoms with Crippen LogP contribution in [0.4, 0.5) is 4.39 Å². The van der Waals surface area contributed by atoms with Gasteiger partial charge in [-0.05, 0) is 55.7 Å². The lowest BCUT2D eigenvalue weighted by atomic mass is 10.1. The van der Waals surface area contributed by atoms with Crippen LogP contribution in [0.2, 0.25) is 0 Å². The zero-order chi connectivity index (χ0) is 15.6. The summed E-state index contributed by atoms with van der Waals surface area (Å²) in [6.07, 6.45) is 0. The third-order valence-corrected chi connectivity index (χ3v) is 4.08. The van der Waals surface area contributed by atoms with Gasteiger partial charge in [0, 0.05) is 11.4 Å². The van der Waals surface area contributed by atoms with Crippen molar-refractivity contribution < 1.29 is 19.2 Å². The van der Waals surface area contributed by atoms with Crippen LogP contribution in [-0.4, -0.2) is 10.1 Å². The molecule has 0 aliphatic rings. The fourth-order valence-corrected chi connectivity index (χ4v) is 2.77. The summed E-state index contributed by atoms with van der Waals surface area (Å²) in [5, 5.41) is 11.2. The predicted octanol–water partition coefficient (Wildman–Crippen LogP) is 3.45. The first-order valence-electron chi connectivity index (χ1n) is 6.36. The van der Waals surface area contributed by atoms with Crippen molar-refractivity contribution in [2.75, 3.05) is 0 Å². The largest absolute Gasteiger partial charge is 0.457 e.